The smallest absolute Gasteiger partial charge is 0.338 e. The Balaban J connectivity index is 3.03. The lowest BCUT2D eigenvalue weighted by Crippen LogP contribution is -2.15. The van der Waals surface area contributed by atoms with Crippen molar-refractivity contribution < 1.29 is 14.6 Å². The normalized spacial score (nSPS) is 12.3. The molecule has 0 aliphatic carbocycles. The molecule has 0 spiro atoms. The number of aryl methyl sites for hydroxylation is 1. The van der Waals surface area contributed by atoms with Crippen molar-refractivity contribution in [2.75, 3.05) is 13.7 Å². The third kappa shape index (κ3) is 2.55. The molecule has 4 heteroatoms. The number of nitrogens with two attached hydrogens (primary N) is 1. The Morgan fingerprint density at radius 2 is 2.27 bits per heavy atom. The molecule has 0 aromatic heterocycles. The summed E-state index contributed by atoms with van der Waals surface area (Å²) < 4.78 is 4.62. The highest BCUT2D eigenvalue weighted by Crippen LogP contribution is 2.16. The van der Waals surface area contributed by atoms with Crippen molar-refractivity contribution in [3.8, 4) is 0 Å². The van der Waals surface area contributed by atoms with E-state index in [1.807, 2.05) is 0 Å². The summed E-state index contributed by atoms with van der Waals surface area (Å²) in [6, 6.07) is 4.76. The fraction of sp³-hybridized carbons (Fsp3) is 0.364. The Morgan fingerprint density at radius 3 is 2.73 bits per heavy atom. The standard InChI is InChI=1S/C11H15NO3/c1-7-5-8(10(12)6-13)3-4-9(7)11(14)15-2/h3-5,10,13H,6,12H2,1-2H3/t10-/m1/s1. The molecule has 1 atom stereocenters. The van der Waals surface area contributed by atoms with E-state index in [0.29, 0.717) is 5.56 Å². The number of benzene rings is 1. The largest absolute Gasteiger partial charge is 0.465 e. The van der Waals surface area contributed by atoms with E-state index in [4.69, 9.17) is 10.8 Å². The summed E-state index contributed by atoms with van der Waals surface area (Å²) in [5.41, 5.74) is 7.78. The predicted octanol–water partition coefficient (Wildman–Crippen LogP) is 0.774. The molecular weight excluding hydrogens is 194 g/mol. The van der Waals surface area contributed by atoms with Crippen molar-refractivity contribution in [1.82, 2.24) is 0 Å². The summed E-state index contributed by atoms with van der Waals surface area (Å²) in [6.07, 6.45) is 0. The summed E-state index contributed by atoms with van der Waals surface area (Å²) in [7, 11) is 1.34. The number of carbonyl (C=O) groups is 1. The molecule has 0 radical (unpaired) electrons. The van der Waals surface area contributed by atoms with Crippen LogP contribution >= 0.6 is 0 Å². The van der Waals surface area contributed by atoms with Crippen LogP contribution in [0.3, 0.4) is 0 Å². The Labute approximate surface area is 88.7 Å². The summed E-state index contributed by atoms with van der Waals surface area (Å²) in [6.45, 7) is 1.69. The first-order chi connectivity index (χ1) is 7.10. The highest BCUT2D eigenvalue weighted by atomic mass is 16.5. The number of esters is 1. The molecule has 0 saturated heterocycles. The van der Waals surface area contributed by atoms with Crippen LogP contribution in [0.5, 0.6) is 0 Å². The molecule has 1 rings (SSSR count). The van der Waals surface area contributed by atoms with Gasteiger partial charge in [-0.2, -0.15) is 0 Å². The zero-order valence-electron chi connectivity index (χ0n) is 8.86. The van der Waals surface area contributed by atoms with E-state index in [9.17, 15) is 4.79 Å². The summed E-state index contributed by atoms with van der Waals surface area (Å²) in [5.74, 6) is -0.364. The van der Waals surface area contributed by atoms with Gasteiger partial charge in [0.05, 0.1) is 25.3 Å². The topological polar surface area (TPSA) is 72.5 Å². The maximum absolute atomic E-state index is 11.3. The predicted molar refractivity (Wildman–Crippen MR) is 56.5 cm³/mol. The van der Waals surface area contributed by atoms with E-state index >= 15 is 0 Å². The van der Waals surface area contributed by atoms with Crippen molar-refractivity contribution in [2.24, 2.45) is 5.73 Å². The highest BCUT2D eigenvalue weighted by molar-refractivity contribution is 5.90. The number of hydrogen-bond acceptors (Lipinski definition) is 4. The minimum absolute atomic E-state index is 0.114. The van der Waals surface area contributed by atoms with Gasteiger partial charge in [-0.25, -0.2) is 4.79 Å². The third-order valence-electron chi connectivity index (χ3n) is 2.28. The van der Waals surface area contributed by atoms with E-state index in [1.165, 1.54) is 7.11 Å². The third-order valence-corrected chi connectivity index (χ3v) is 2.28. The van der Waals surface area contributed by atoms with Crippen LogP contribution in [0.1, 0.15) is 27.5 Å². The van der Waals surface area contributed by atoms with E-state index < -0.39 is 6.04 Å². The van der Waals surface area contributed by atoms with Crippen LogP contribution in [0.15, 0.2) is 18.2 Å². The molecule has 0 amide bonds. The minimum atomic E-state index is -0.407. The second-order valence-electron chi connectivity index (χ2n) is 3.36. The van der Waals surface area contributed by atoms with Crippen molar-refractivity contribution in [3.05, 3.63) is 34.9 Å². The lowest BCUT2D eigenvalue weighted by molar-refractivity contribution is 0.0600. The van der Waals surface area contributed by atoms with Crippen LogP contribution < -0.4 is 5.73 Å². The van der Waals surface area contributed by atoms with Gasteiger partial charge in [0.1, 0.15) is 0 Å². The van der Waals surface area contributed by atoms with E-state index in [1.54, 1.807) is 25.1 Å². The van der Waals surface area contributed by atoms with Gasteiger partial charge in [-0.05, 0) is 24.1 Å². The molecule has 82 valence electrons. The fourth-order valence-electron chi connectivity index (χ4n) is 1.36. The maximum atomic E-state index is 11.3. The number of carbonyl (C=O) groups excluding carboxylic acids is 1. The molecule has 15 heavy (non-hydrogen) atoms. The van der Waals surface area contributed by atoms with Gasteiger partial charge in [0.15, 0.2) is 0 Å². The second kappa shape index (κ2) is 4.91. The lowest BCUT2D eigenvalue weighted by Gasteiger charge is -2.11. The van der Waals surface area contributed by atoms with Crippen LogP contribution in [-0.2, 0) is 4.74 Å². The van der Waals surface area contributed by atoms with E-state index in [2.05, 4.69) is 4.74 Å². The number of aliphatic hydroxyl groups excluding tert-OH is 1. The quantitative estimate of drug-likeness (QED) is 0.721. The second-order valence-corrected chi connectivity index (χ2v) is 3.36. The molecule has 0 aliphatic heterocycles. The number of ether oxygens (including phenoxy) is 1. The Hall–Kier alpha value is -1.39. The first kappa shape index (κ1) is 11.7. The zero-order chi connectivity index (χ0) is 11.4. The van der Waals surface area contributed by atoms with Crippen LogP contribution in [0.4, 0.5) is 0 Å². The lowest BCUT2D eigenvalue weighted by atomic mass is 10.0. The van der Waals surface area contributed by atoms with Crippen LogP contribution in [-0.4, -0.2) is 24.8 Å². The van der Waals surface area contributed by atoms with Crippen molar-refractivity contribution in [2.45, 2.75) is 13.0 Å². The Morgan fingerprint density at radius 1 is 1.60 bits per heavy atom. The molecule has 0 unspecified atom stereocenters. The maximum Gasteiger partial charge on any atom is 0.338 e. The molecule has 0 fully saturated rings. The molecule has 3 N–H and O–H groups in total. The average molecular weight is 209 g/mol. The summed E-state index contributed by atoms with van der Waals surface area (Å²) in [4.78, 5) is 11.3. The fourth-order valence-corrected chi connectivity index (χ4v) is 1.36. The molecule has 0 saturated carbocycles. The monoisotopic (exact) mass is 209 g/mol. The van der Waals surface area contributed by atoms with E-state index in [0.717, 1.165) is 11.1 Å². The van der Waals surface area contributed by atoms with Crippen molar-refractivity contribution >= 4 is 5.97 Å². The molecule has 4 nitrogen and oxygen atoms in total. The van der Waals surface area contributed by atoms with Gasteiger partial charge in [-0.1, -0.05) is 12.1 Å². The van der Waals surface area contributed by atoms with Gasteiger partial charge in [0, 0.05) is 0 Å². The first-order valence-electron chi connectivity index (χ1n) is 4.65. The Bertz CT molecular complexity index is 363. The average Bonchev–Trinajstić information content (AvgIpc) is 2.26. The van der Waals surface area contributed by atoms with Gasteiger partial charge in [-0.3, -0.25) is 0 Å². The number of methoxy groups -OCH3 is 1. The first-order valence-corrected chi connectivity index (χ1v) is 4.65. The Kier molecular flexibility index (Phi) is 3.82. The number of rotatable bonds is 3. The zero-order valence-corrected chi connectivity index (χ0v) is 8.86. The van der Waals surface area contributed by atoms with Gasteiger partial charge in [0.25, 0.3) is 0 Å². The van der Waals surface area contributed by atoms with Crippen LogP contribution in [0, 0.1) is 6.92 Å². The van der Waals surface area contributed by atoms with Gasteiger partial charge < -0.3 is 15.6 Å². The molecule has 0 heterocycles. The molecule has 0 bridgehead atoms. The summed E-state index contributed by atoms with van der Waals surface area (Å²) in [5, 5.41) is 8.89. The van der Waals surface area contributed by atoms with Crippen molar-refractivity contribution in [1.29, 1.82) is 0 Å². The van der Waals surface area contributed by atoms with Crippen LogP contribution in [0.25, 0.3) is 0 Å². The van der Waals surface area contributed by atoms with Gasteiger partial charge >= 0.3 is 5.97 Å². The molecular formula is C11H15NO3. The van der Waals surface area contributed by atoms with Crippen LogP contribution in [0.2, 0.25) is 0 Å². The summed E-state index contributed by atoms with van der Waals surface area (Å²) >= 11 is 0. The highest BCUT2D eigenvalue weighted by Gasteiger charge is 2.11. The number of hydrogen-bond donors (Lipinski definition) is 2. The molecule has 1 aromatic rings. The molecule has 1 aromatic carbocycles. The van der Waals surface area contributed by atoms with E-state index in [-0.39, 0.29) is 12.6 Å². The molecule has 0 aliphatic rings. The minimum Gasteiger partial charge on any atom is -0.465 e. The SMILES string of the molecule is COC(=O)c1ccc([C@H](N)CO)cc1C. The van der Waals surface area contributed by atoms with Gasteiger partial charge in [0.2, 0.25) is 0 Å². The number of aliphatic hydroxyl groups is 1. The van der Waals surface area contributed by atoms with Gasteiger partial charge in [-0.15, -0.1) is 0 Å². The van der Waals surface area contributed by atoms with Crippen molar-refractivity contribution in [3.63, 3.8) is 0 Å².